The highest BCUT2D eigenvalue weighted by Crippen LogP contribution is 2.35. The van der Waals surface area contributed by atoms with Gasteiger partial charge in [-0.3, -0.25) is 4.79 Å². The van der Waals surface area contributed by atoms with Gasteiger partial charge in [0.1, 0.15) is 12.1 Å². The molecule has 156 valence electrons. The summed E-state index contributed by atoms with van der Waals surface area (Å²) in [5.41, 5.74) is 3.63. The topological polar surface area (TPSA) is 76.4 Å². The van der Waals surface area contributed by atoms with Gasteiger partial charge in [0.25, 0.3) is 5.91 Å². The average Bonchev–Trinajstić information content (AvgIpc) is 3.39. The first kappa shape index (κ1) is 18.8. The van der Waals surface area contributed by atoms with Crippen molar-refractivity contribution in [2.75, 3.05) is 38.2 Å². The molecule has 2 saturated heterocycles. The molecule has 3 aromatic rings. The molecular weight excluding hydrogens is 380 g/mol. The minimum Gasteiger partial charge on any atom is -0.481 e. The fourth-order valence-corrected chi connectivity index (χ4v) is 4.91. The second-order valence-corrected chi connectivity index (χ2v) is 8.41. The molecular formula is C22H26N6O2. The number of carbonyl (C=O) groups is 1. The molecule has 8 nitrogen and oxygen atoms in total. The van der Waals surface area contributed by atoms with Crippen molar-refractivity contribution < 1.29 is 9.53 Å². The van der Waals surface area contributed by atoms with Gasteiger partial charge in [-0.05, 0) is 32.0 Å². The van der Waals surface area contributed by atoms with Gasteiger partial charge in [-0.1, -0.05) is 0 Å². The molecule has 5 rings (SSSR count). The summed E-state index contributed by atoms with van der Waals surface area (Å²) in [5, 5.41) is 5.39. The number of hydrogen-bond acceptors (Lipinski definition) is 6. The van der Waals surface area contributed by atoms with Crippen molar-refractivity contribution in [3.8, 4) is 5.88 Å². The zero-order valence-electron chi connectivity index (χ0n) is 17.8. The Bertz CT molecular complexity index is 1130. The minimum absolute atomic E-state index is 0.0801. The van der Waals surface area contributed by atoms with Crippen molar-refractivity contribution in [1.82, 2.24) is 24.6 Å². The van der Waals surface area contributed by atoms with E-state index in [1.54, 1.807) is 18.1 Å². The molecule has 0 N–H and O–H groups in total. The van der Waals surface area contributed by atoms with Crippen molar-refractivity contribution in [2.45, 2.75) is 13.8 Å². The number of aromatic nitrogens is 4. The van der Waals surface area contributed by atoms with E-state index >= 15 is 0 Å². The Hall–Kier alpha value is -3.16. The predicted octanol–water partition coefficient (Wildman–Crippen LogP) is 2.20. The number of carbonyl (C=O) groups excluding carboxylic acids is 1. The molecule has 2 unspecified atom stereocenters. The van der Waals surface area contributed by atoms with Crippen LogP contribution in [0.4, 0.5) is 5.82 Å². The summed E-state index contributed by atoms with van der Waals surface area (Å²) in [5.74, 6) is 2.76. The van der Waals surface area contributed by atoms with Crippen LogP contribution in [-0.2, 0) is 7.05 Å². The number of amides is 1. The highest BCUT2D eigenvalue weighted by atomic mass is 16.5. The smallest absolute Gasteiger partial charge is 0.253 e. The molecule has 30 heavy (non-hydrogen) atoms. The second-order valence-electron chi connectivity index (χ2n) is 8.41. The van der Waals surface area contributed by atoms with Crippen molar-refractivity contribution >= 4 is 22.6 Å². The van der Waals surface area contributed by atoms with Gasteiger partial charge in [-0.2, -0.15) is 5.10 Å². The molecule has 8 heteroatoms. The Balaban J connectivity index is 1.31. The van der Waals surface area contributed by atoms with Crippen LogP contribution in [0.1, 0.15) is 21.6 Å². The Morgan fingerprint density at radius 3 is 2.53 bits per heavy atom. The zero-order chi connectivity index (χ0) is 21.0. The van der Waals surface area contributed by atoms with E-state index in [4.69, 9.17) is 4.74 Å². The normalized spacial score (nSPS) is 20.8. The molecule has 0 saturated carbocycles. The number of benzene rings is 1. The molecule has 0 aliphatic carbocycles. The lowest BCUT2D eigenvalue weighted by Gasteiger charge is -2.24. The lowest BCUT2D eigenvalue weighted by molar-refractivity contribution is 0.0782. The largest absolute Gasteiger partial charge is 0.481 e. The number of rotatable bonds is 3. The first-order valence-electron chi connectivity index (χ1n) is 10.3. The zero-order valence-corrected chi connectivity index (χ0v) is 17.8. The summed E-state index contributed by atoms with van der Waals surface area (Å²) < 4.78 is 7.10. The maximum atomic E-state index is 13.2. The molecule has 2 aliphatic rings. The van der Waals surface area contributed by atoms with Crippen molar-refractivity contribution in [3.05, 3.63) is 41.3 Å². The summed E-state index contributed by atoms with van der Waals surface area (Å²) in [6, 6.07) is 5.67. The van der Waals surface area contributed by atoms with Crippen LogP contribution in [0, 0.1) is 25.7 Å². The molecule has 0 bridgehead atoms. The fraction of sp³-hybridized carbons (Fsp3) is 0.455. The van der Waals surface area contributed by atoms with Crippen LogP contribution in [0.2, 0.25) is 0 Å². The van der Waals surface area contributed by atoms with Gasteiger partial charge in [0.15, 0.2) is 0 Å². The average molecular weight is 406 g/mol. The molecule has 1 amide bonds. The van der Waals surface area contributed by atoms with Gasteiger partial charge in [0.05, 0.1) is 18.0 Å². The van der Waals surface area contributed by atoms with Crippen LogP contribution in [0.3, 0.4) is 0 Å². The maximum absolute atomic E-state index is 13.2. The molecule has 0 spiro atoms. The van der Waals surface area contributed by atoms with Crippen LogP contribution in [0.15, 0.2) is 24.5 Å². The third-order valence-corrected chi connectivity index (χ3v) is 6.60. The lowest BCUT2D eigenvalue weighted by atomic mass is 10.0. The Morgan fingerprint density at radius 1 is 1.10 bits per heavy atom. The van der Waals surface area contributed by atoms with Gasteiger partial charge in [-0.15, -0.1) is 0 Å². The Morgan fingerprint density at radius 2 is 1.83 bits per heavy atom. The predicted molar refractivity (Wildman–Crippen MR) is 114 cm³/mol. The number of hydrogen-bond donors (Lipinski definition) is 0. The van der Waals surface area contributed by atoms with Gasteiger partial charge in [-0.25, -0.2) is 14.6 Å². The molecule has 2 aromatic heterocycles. The van der Waals surface area contributed by atoms with E-state index in [-0.39, 0.29) is 5.91 Å². The summed E-state index contributed by atoms with van der Waals surface area (Å²) in [6.45, 7) is 7.53. The van der Waals surface area contributed by atoms with E-state index in [0.29, 0.717) is 23.3 Å². The molecule has 2 fully saturated rings. The monoisotopic (exact) mass is 406 g/mol. The summed E-state index contributed by atoms with van der Waals surface area (Å²) in [4.78, 5) is 26.3. The van der Waals surface area contributed by atoms with E-state index < -0.39 is 0 Å². The Labute approximate surface area is 175 Å². The molecule has 0 radical (unpaired) electrons. The second kappa shape index (κ2) is 6.97. The van der Waals surface area contributed by atoms with Gasteiger partial charge in [0.2, 0.25) is 5.88 Å². The fourth-order valence-electron chi connectivity index (χ4n) is 4.91. The number of anilines is 1. The standard InChI is InChI=1S/C22H26N6O2/c1-13-14(2)23-12-24-20(13)27-8-16-10-28(11-17(16)9-27)21(29)15-5-6-18-19(7-15)25-26(3)22(18)30-4/h5-7,12,16-17H,8-11H2,1-4H3. The molecule has 4 heterocycles. The number of methoxy groups -OCH3 is 1. The third-order valence-electron chi connectivity index (χ3n) is 6.60. The Kier molecular flexibility index (Phi) is 4.38. The van der Waals surface area contributed by atoms with Crippen LogP contribution >= 0.6 is 0 Å². The van der Waals surface area contributed by atoms with E-state index in [2.05, 4.69) is 26.9 Å². The number of aryl methyl sites for hydroxylation is 2. The highest BCUT2D eigenvalue weighted by molar-refractivity contribution is 5.99. The molecule has 2 aliphatic heterocycles. The van der Waals surface area contributed by atoms with Gasteiger partial charge < -0.3 is 14.5 Å². The number of nitrogens with zero attached hydrogens (tertiary/aromatic N) is 6. The molecule has 1 aromatic carbocycles. The SMILES string of the molecule is COc1c2ccc(C(=O)N3CC4CN(c5ncnc(C)c5C)CC4C3)cc2nn1C. The number of fused-ring (bicyclic) bond motifs is 2. The quantitative estimate of drug-likeness (QED) is 0.664. The molecule has 2 atom stereocenters. The third kappa shape index (κ3) is 2.89. The summed E-state index contributed by atoms with van der Waals surface area (Å²) >= 11 is 0. The number of ether oxygens (including phenoxy) is 1. The van der Waals surface area contributed by atoms with E-state index in [0.717, 1.165) is 54.2 Å². The highest BCUT2D eigenvalue weighted by Gasteiger charge is 2.42. The summed E-state index contributed by atoms with van der Waals surface area (Å²) in [7, 11) is 3.47. The van der Waals surface area contributed by atoms with Crippen molar-refractivity contribution in [2.24, 2.45) is 18.9 Å². The van der Waals surface area contributed by atoms with Gasteiger partial charge >= 0.3 is 0 Å². The first-order valence-corrected chi connectivity index (χ1v) is 10.3. The minimum atomic E-state index is 0.0801. The van der Waals surface area contributed by atoms with Crippen LogP contribution in [0.25, 0.3) is 10.9 Å². The van der Waals surface area contributed by atoms with E-state index in [1.165, 1.54) is 0 Å². The van der Waals surface area contributed by atoms with Crippen molar-refractivity contribution in [1.29, 1.82) is 0 Å². The van der Waals surface area contributed by atoms with Crippen molar-refractivity contribution in [3.63, 3.8) is 0 Å². The summed E-state index contributed by atoms with van der Waals surface area (Å²) in [6.07, 6.45) is 1.64. The van der Waals surface area contributed by atoms with E-state index in [1.807, 2.05) is 37.1 Å². The maximum Gasteiger partial charge on any atom is 0.253 e. The van der Waals surface area contributed by atoms with Crippen LogP contribution < -0.4 is 9.64 Å². The van der Waals surface area contributed by atoms with Crippen LogP contribution in [0.5, 0.6) is 5.88 Å². The first-order chi connectivity index (χ1) is 14.5. The van der Waals surface area contributed by atoms with Crippen LogP contribution in [-0.4, -0.2) is 63.8 Å². The lowest BCUT2D eigenvalue weighted by Crippen LogP contribution is -2.33. The van der Waals surface area contributed by atoms with Gasteiger partial charge in [0, 0.05) is 61.9 Å². The van der Waals surface area contributed by atoms with E-state index in [9.17, 15) is 4.79 Å². The number of likely N-dealkylation sites (tertiary alicyclic amines) is 1.